The van der Waals surface area contributed by atoms with Crippen LogP contribution in [0.25, 0.3) is 11.8 Å². The molecule has 0 aliphatic carbocycles. The molecule has 7 nitrogen and oxygen atoms in total. The van der Waals surface area contributed by atoms with Crippen LogP contribution in [0.5, 0.6) is 11.5 Å². The van der Waals surface area contributed by atoms with Crippen molar-refractivity contribution in [2.24, 2.45) is 4.99 Å². The van der Waals surface area contributed by atoms with E-state index >= 15 is 0 Å². The number of hydrogen-bond acceptors (Lipinski definition) is 8. The van der Waals surface area contributed by atoms with Crippen molar-refractivity contribution in [2.45, 2.75) is 31.4 Å². The lowest BCUT2D eigenvalue weighted by atomic mass is 9.93. The van der Waals surface area contributed by atoms with Crippen LogP contribution in [0.2, 0.25) is 0 Å². The monoisotopic (exact) mass is 740 g/mol. The van der Waals surface area contributed by atoms with Crippen molar-refractivity contribution >= 4 is 56.8 Å². The minimum atomic E-state index is -0.734. The highest BCUT2D eigenvalue weighted by molar-refractivity contribution is 9.10. The van der Waals surface area contributed by atoms with Gasteiger partial charge in [0.25, 0.3) is 5.56 Å². The van der Waals surface area contributed by atoms with Crippen molar-refractivity contribution in [3.8, 4) is 11.5 Å². The quantitative estimate of drug-likeness (QED) is 0.104. The molecule has 244 valence electrons. The zero-order valence-electron chi connectivity index (χ0n) is 26.6. The van der Waals surface area contributed by atoms with Crippen molar-refractivity contribution in [2.75, 3.05) is 19.5 Å². The predicted molar refractivity (Wildman–Crippen MR) is 195 cm³/mol. The van der Waals surface area contributed by atoms with Gasteiger partial charge in [-0.25, -0.2) is 9.79 Å². The van der Waals surface area contributed by atoms with Gasteiger partial charge in [0.2, 0.25) is 0 Å². The number of carbonyl (C=O) groups excluding carboxylic acids is 1. The minimum absolute atomic E-state index is 0.192. The van der Waals surface area contributed by atoms with Gasteiger partial charge in [0.1, 0.15) is 6.61 Å². The number of fused-ring (bicyclic) bond motifs is 1. The highest BCUT2D eigenvalue weighted by Crippen LogP contribution is 2.36. The molecule has 0 bridgehead atoms. The van der Waals surface area contributed by atoms with E-state index in [1.54, 1.807) is 23.3 Å². The second kappa shape index (κ2) is 15.2. The number of thiazole rings is 1. The van der Waals surface area contributed by atoms with Gasteiger partial charge in [-0.2, -0.15) is 0 Å². The Kier molecular flexibility index (Phi) is 10.6. The van der Waals surface area contributed by atoms with Crippen LogP contribution in [0.1, 0.15) is 42.1 Å². The summed E-state index contributed by atoms with van der Waals surface area (Å²) in [7, 11) is 0. The van der Waals surface area contributed by atoms with Crippen LogP contribution in [0.3, 0.4) is 0 Å². The van der Waals surface area contributed by atoms with Crippen molar-refractivity contribution in [3.63, 3.8) is 0 Å². The van der Waals surface area contributed by atoms with E-state index < -0.39 is 12.0 Å². The first-order valence-corrected chi connectivity index (χ1v) is 18.3. The molecule has 0 fully saturated rings. The molecule has 10 heteroatoms. The summed E-state index contributed by atoms with van der Waals surface area (Å²) in [5, 5.41) is 0. The molecule has 0 spiro atoms. The van der Waals surface area contributed by atoms with E-state index in [2.05, 4.69) is 15.9 Å². The summed E-state index contributed by atoms with van der Waals surface area (Å²) in [6, 6.07) is 30.3. The summed E-state index contributed by atoms with van der Waals surface area (Å²) >= 11 is 6.37. The molecule has 5 aromatic rings. The molecule has 0 unspecified atom stereocenters. The number of benzene rings is 4. The Labute approximate surface area is 295 Å². The fourth-order valence-corrected chi connectivity index (χ4v) is 7.11. The fraction of sp³-hybridized carbons (Fsp3) is 0.184. The van der Waals surface area contributed by atoms with E-state index in [0.717, 1.165) is 31.6 Å². The molecule has 0 saturated heterocycles. The molecule has 48 heavy (non-hydrogen) atoms. The zero-order chi connectivity index (χ0) is 33.6. The lowest BCUT2D eigenvalue weighted by molar-refractivity contribution is -0.138. The Balaban J connectivity index is 1.47. The zero-order valence-corrected chi connectivity index (χ0v) is 29.9. The van der Waals surface area contributed by atoms with Gasteiger partial charge in [-0.15, -0.1) is 11.8 Å². The minimum Gasteiger partial charge on any atom is -0.490 e. The van der Waals surface area contributed by atoms with E-state index in [0.29, 0.717) is 45.3 Å². The number of carbonyl (C=O) groups is 1. The molecular formula is C38H33BrN2O5S2. The maximum atomic E-state index is 14.3. The lowest BCUT2D eigenvalue weighted by Gasteiger charge is -2.26. The summed E-state index contributed by atoms with van der Waals surface area (Å²) in [6.45, 7) is 4.72. The Hall–Kier alpha value is -4.38. The SMILES string of the molecule is CCOC(=O)C1=C(c2ccccc2)N=c2s/c(=C\c3ccc(OCc4ccc(Br)cc4)c(OCC)c3)c(=O)n2[C@@H]1c1ccc(SC)cc1. The van der Waals surface area contributed by atoms with Gasteiger partial charge in [0, 0.05) is 14.9 Å². The third kappa shape index (κ3) is 7.21. The molecule has 0 amide bonds. The van der Waals surface area contributed by atoms with Gasteiger partial charge in [-0.3, -0.25) is 9.36 Å². The lowest BCUT2D eigenvalue weighted by Crippen LogP contribution is -2.40. The van der Waals surface area contributed by atoms with Crippen molar-refractivity contribution in [1.82, 2.24) is 4.57 Å². The third-order valence-corrected chi connectivity index (χ3v) is 9.93. The molecule has 0 saturated carbocycles. The Bertz CT molecular complexity index is 2140. The van der Waals surface area contributed by atoms with Gasteiger partial charge in [-0.05, 0) is 79.3 Å². The van der Waals surface area contributed by atoms with E-state index in [1.807, 2.05) is 116 Å². The van der Waals surface area contributed by atoms with E-state index in [1.165, 1.54) is 11.3 Å². The van der Waals surface area contributed by atoms with E-state index in [9.17, 15) is 9.59 Å². The number of aromatic nitrogens is 1. The average molecular weight is 742 g/mol. The van der Waals surface area contributed by atoms with E-state index in [-0.39, 0.29) is 12.2 Å². The molecule has 2 heterocycles. The van der Waals surface area contributed by atoms with Crippen LogP contribution in [-0.2, 0) is 16.1 Å². The Morgan fingerprint density at radius 1 is 0.938 bits per heavy atom. The largest absolute Gasteiger partial charge is 0.490 e. The van der Waals surface area contributed by atoms with Gasteiger partial charge < -0.3 is 14.2 Å². The number of ether oxygens (including phenoxy) is 3. The first-order chi connectivity index (χ1) is 23.4. The first kappa shape index (κ1) is 33.5. The Morgan fingerprint density at radius 2 is 1.69 bits per heavy atom. The highest BCUT2D eigenvalue weighted by atomic mass is 79.9. The van der Waals surface area contributed by atoms with Crippen molar-refractivity contribution in [3.05, 3.63) is 149 Å². The summed E-state index contributed by atoms with van der Waals surface area (Å²) in [5.41, 5.74) is 3.92. The maximum absolute atomic E-state index is 14.3. The number of rotatable bonds is 11. The van der Waals surface area contributed by atoms with Gasteiger partial charge in [0.15, 0.2) is 16.3 Å². The topological polar surface area (TPSA) is 79.1 Å². The third-order valence-electron chi connectivity index (χ3n) is 7.68. The first-order valence-electron chi connectivity index (χ1n) is 15.5. The molecule has 1 aliphatic rings. The number of nitrogens with zero attached hydrogens (tertiary/aromatic N) is 2. The summed E-state index contributed by atoms with van der Waals surface area (Å²) in [5.74, 6) is 0.686. The van der Waals surface area contributed by atoms with Crippen LogP contribution >= 0.6 is 39.0 Å². The maximum Gasteiger partial charge on any atom is 0.338 e. The van der Waals surface area contributed by atoms with Crippen LogP contribution < -0.4 is 24.4 Å². The molecular weight excluding hydrogens is 708 g/mol. The molecule has 0 N–H and O–H groups in total. The van der Waals surface area contributed by atoms with Crippen molar-refractivity contribution < 1.29 is 19.0 Å². The molecule has 1 aromatic heterocycles. The van der Waals surface area contributed by atoms with Gasteiger partial charge >= 0.3 is 5.97 Å². The fourth-order valence-electron chi connectivity index (χ4n) is 5.44. The molecule has 4 aromatic carbocycles. The average Bonchev–Trinajstić information content (AvgIpc) is 3.42. The Morgan fingerprint density at radius 3 is 2.38 bits per heavy atom. The standard InChI is InChI=1S/C38H33BrN2O5S2/c1-4-44-31-21-25(13-20-30(31)46-23-24-11-16-28(39)17-12-24)22-32-36(42)41-35(27-14-18-29(47-3)19-15-27)33(37(43)45-5-2)34(40-38(41)48-32)26-9-7-6-8-10-26/h6-22,35H,4-5,23H2,1-3H3/b32-22-/t35-/m1/s1. The predicted octanol–water partition coefficient (Wildman–Crippen LogP) is 7.40. The molecule has 1 atom stereocenters. The molecule has 0 radical (unpaired) electrons. The number of hydrogen-bond donors (Lipinski definition) is 0. The van der Waals surface area contributed by atoms with Gasteiger partial charge in [-0.1, -0.05) is 87.9 Å². The molecule has 6 rings (SSSR count). The van der Waals surface area contributed by atoms with E-state index in [4.69, 9.17) is 19.2 Å². The molecule has 1 aliphatic heterocycles. The summed E-state index contributed by atoms with van der Waals surface area (Å²) < 4.78 is 20.7. The summed E-state index contributed by atoms with van der Waals surface area (Å²) in [4.78, 5) is 34.5. The number of thioether (sulfide) groups is 1. The number of esters is 1. The second-order valence-electron chi connectivity index (χ2n) is 10.8. The van der Waals surface area contributed by atoms with Crippen LogP contribution in [0.15, 0.2) is 122 Å². The van der Waals surface area contributed by atoms with Crippen molar-refractivity contribution in [1.29, 1.82) is 0 Å². The second-order valence-corrected chi connectivity index (χ2v) is 13.6. The van der Waals surface area contributed by atoms with Crippen LogP contribution in [0, 0.1) is 0 Å². The normalized spacial score (nSPS) is 14.3. The number of halogens is 1. The highest BCUT2D eigenvalue weighted by Gasteiger charge is 2.35. The smallest absolute Gasteiger partial charge is 0.338 e. The van der Waals surface area contributed by atoms with Gasteiger partial charge in [0.05, 0.1) is 35.1 Å². The van der Waals surface area contributed by atoms with Crippen LogP contribution in [0.4, 0.5) is 0 Å². The summed E-state index contributed by atoms with van der Waals surface area (Å²) in [6.07, 6.45) is 3.84. The van der Waals surface area contributed by atoms with Crippen LogP contribution in [-0.4, -0.2) is 30.0 Å².